The van der Waals surface area contributed by atoms with Crippen LogP contribution < -0.4 is 10.6 Å². The fourth-order valence-corrected chi connectivity index (χ4v) is 4.55. The average Bonchev–Trinajstić information content (AvgIpc) is 3.18. The minimum absolute atomic E-state index is 0.0374. The smallest absolute Gasteiger partial charge is 0.251 e. The first-order valence-electron chi connectivity index (χ1n) is 9.17. The minimum atomic E-state index is -0.109. The molecular formula is C20H28N2O2. The van der Waals surface area contributed by atoms with Crippen molar-refractivity contribution < 1.29 is 9.59 Å². The van der Waals surface area contributed by atoms with E-state index in [9.17, 15) is 9.59 Å². The second kappa shape index (κ2) is 7.37. The summed E-state index contributed by atoms with van der Waals surface area (Å²) in [7, 11) is 0. The third kappa shape index (κ3) is 3.80. The second-order valence-corrected chi connectivity index (χ2v) is 7.52. The standard InChI is InChI=1S/C20H28N2O2/c1-13-5-3-4-6-17(13)20(24)21-10-9-19(23)22-14(2)18-12-15-7-8-16(18)11-15/h3-6,14-16,18H,7-12H2,1-2H3,(H,21,24)(H,22,23). The van der Waals surface area contributed by atoms with E-state index in [1.54, 1.807) is 0 Å². The van der Waals surface area contributed by atoms with Crippen molar-refractivity contribution in [3.05, 3.63) is 35.4 Å². The van der Waals surface area contributed by atoms with E-state index in [0.717, 1.165) is 17.4 Å². The van der Waals surface area contributed by atoms with Crippen LogP contribution in [-0.2, 0) is 4.79 Å². The molecule has 0 aliphatic heterocycles. The van der Waals surface area contributed by atoms with E-state index in [0.29, 0.717) is 24.4 Å². The van der Waals surface area contributed by atoms with Crippen molar-refractivity contribution in [2.45, 2.75) is 52.0 Å². The lowest BCUT2D eigenvalue weighted by Gasteiger charge is -2.28. The molecule has 1 aromatic carbocycles. The van der Waals surface area contributed by atoms with E-state index in [2.05, 4.69) is 17.6 Å². The van der Waals surface area contributed by atoms with E-state index >= 15 is 0 Å². The Hall–Kier alpha value is -1.84. The highest BCUT2D eigenvalue weighted by Crippen LogP contribution is 2.49. The lowest BCUT2D eigenvalue weighted by molar-refractivity contribution is -0.122. The maximum absolute atomic E-state index is 12.1. The van der Waals surface area contributed by atoms with Crippen LogP contribution in [-0.4, -0.2) is 24.4 Å². The van der Waals surface area contributed by atoms with Gasteiger partial charge >= 0.3 is 0 Å². The zero-order chi connectivity index (χ0) is 17.1. The Kier molecular flexibility index (Phi) is 5.22. The Morgan fingerprint density at radius 2 is 2.00 bits per heavy atom. The van der Waals surface area contributed by atoms with E-state index in [1.165, 1.54) is 25.7 Å². The molecule has 4 unspecified atom stereocenters. The number of carbonyl (C=O) groups excluding carboxylic acids is 2. The number of nitrogens with one attached hydrogen (secondary N) is 2. The van der Waals surface area contributed by atoms with Gasteiger partial charge in [0.2, 0.25) is 5.91 Å². The van der Waals surface area contributed by atoms with E-state index in [1.807, 2.05) is 31.2 Å². The zero-order valence-corrected chi connectivity index (χ0v) is 14.7. The van der Waals surface area contributed by atoms with Crippen LogP contribution >= 0.6 is 0 Å². The van der Waals surface area contributed by atoms with E-state index in [-0.39, 0.29) is 17.9 Å². The van der Waals surface area contributed by atoms with Gasteiger partial charge in [-0.3, -0.25) is 9.59 Å². The van der Waals surface area contributed by atoms with Crippen LogP contribution in [0.3, 0.4) is 0 Å². The summed E-state index contributed by atoms with van der Waals surface area (Å²) in [5, 5.41) is 5.98. The number of fused-ring (bicyclic) bond motifs is 2. The molecule has 2 amide bonds. The van der Waals surface area contributed by atoms with Gasteiger partial charge in [-0.15, -0.1) is 0 Å². The fraction of sp³-hybridized carbons (Fsp3) is 0.600. The molecule has 0 heterocycles. The van der Waals surface area contributed by atoms with Gasteiger partial charge in [0.25, 0.3) is 5.91 Å². The molecule has 2 saturated carbocycles. The largest absolute Gasteiger partial charge is 0.353 e. The quantitative estimate of drug-likeness (QED) is 0.843. The third-order valence-electron chi connectivity index (χ3n) is 5.85. The monoisotopic (exact) mass is 328 g/mol. The van der Waals surface area contributed by atoms with E-state index < -0.39 is 0 Å². The van der Waals surface area contributed by atoms with Crippen LogP contribution in [0.4, 0.5) is 0 Å². The van der Waals surface area contributed by atoms with Gasteiger partial charge in [-0.2, -0.15) is 0 Å². The molecule has 0 spiro atoms. The van der Waals surface area contributed by atoms with Gasteiger partial charge in [-0.05, 0) is 62.5 Å². The minimum Gasteiger partial charge on any atom is -0.353 e. The molecule has 4 heteroatoms. The maximum Gasteiger partial charge on any atom is 0.251 e. The SMILES string of the molecule is Cc1ccccc1C(=O)NCCC(=O)NC(C)C1CC2CCC1C2. The summed E-state index contributed by atoms with van der Waals surface area (Å²) in [6, 6.07) is 7.74. The highest BCUT2D eigenvalue weighted by Gasteiger charge is 2.42. The first kappa shape index (κ1) is 17.0. The molecule has 130 valence electrons. The number of hydrogen-bond donors (Lipinski definition) is 2. The van der Waals surface area contributed by atoms with Gasteiger partial charge in [0.1, 0.15) is 0 Å². The summed E-state index contributed by atoms with van der Waals surface area (Å²) in [6.45, 7) is 4.43. The highest BCUT2D eigenvalue weighted by atomic mass is 16.2. The molecule has 0 saturated heterocycles. The van der Waals surface area contributed by atoms with Crippen molar-refractivity contribution in [1.82, 2.24) is 10.6 Å². The molecule has 1 aromatic rings. The van der Waals surface area contributed by atoms with Crippen molar-refractivity contribution in [1.29, 1.82) is 0 Å². The van der Waals surface area contributed by atoms with Gasteiger partial charge in [0, 0.05) is 24.6 Å². The topological polar surface area (TPSA) is 58.2 Å². The van der Waals surface area contributed by atoms with Gasteiger partial charge in [0.05, 0.1) is 0 Å². The van der Waals surface area contributed by atoms with Crippen molar-refractivity contribution in [3.8, 4) is 0 Å². The Labute approximate surface area is 144 Å². The molecule has 3 rings (SSSR count). The van der Waals surface area contributed by atoms with Crippen LogP contribution in [0.25, 0.3) is 0 Å². The number of aryl methyl sites for hydroxylation is 1. The van der Waals surface area contributed by atoms with Crippen molar-refractivity contribution in [3.63, 3.8) is 0 Å². The summed E-state index contributed by atoms with van der Waals surface area (Å²) in [5.41, 5.74) is 1.62. The maximum atomic E-state index is 12.1. The normalized spacial score (nSPS) is 26.2. The van der Waals surface area contributed by atoms with Gasteiger partial charge in [-0.25, -0.2) is 0 Å². The van der Waals surface area contributed by atoms with Crippen LogP contribution in [0.2, 0.25) is 0 Å². The lowest BCUT2D eigenvalue weighted by Crippen LogP contribution is -2.41. The molecule has 4 nitrogen and oxygen atoms in total. The van der Waals surface area contributed by atoms with Gasteiger partial charge in [-0.1, -0.05) is 24.6 Å². The summed E-state index contributed by atoms with van der Waals surface area (Å²) >= 11 is 0. The predicted molar refractivity (Wildman–Crippen MR) is 94.7 cm³/mol. The summed E-state index contributed by atoms with van der Waals surface area (Å²) in [6.07, 6.45) is 5.69. The van der Waals surface area contributed by atoms with E-state index in [4.69, 9.17) is 0 Å². The molecule has 2 aliphatic carbocycles. The number of carbonyl (C=O) groups is 2. The third-order valence-corrected chi connectivity index (χ3v) is 5.85. The van der Waals surface area contributed by atoms with Crippen LogP contribution in [0, 0.1) is 24.7 Å². The molecular weight excluding hydrogens is 300 g/mol. The fourth-order valence-electron chi connectivity index (χ4n) is 4.55. The number of rotatable bonds is 6. The van der Waals surface area contributed by atoms with Gasteiger partial charge in [0.15, 0.2) is 0 Å². The summed E-state index contributed by atoms with van der Waals surface area (Å²) in [5.74, 6) is 2.28. The molecule has 4 atom stereocenters. The van der Waals surface area contributed by atoms with Crippen LogP contribution in [0.5, 0.6) is 0 Å². The lowest BCUT2D eigenvalue weighted by atomic mass is 9.84. The number of amides is 2. The molecule has 0 radical (unpaired) electrons. The highest BCUT2D eigenvalue weighted by molar-refractivity contribution is 5.95. The van der Waals surface area contributed by atoms with Gasteiger partial charge < -0.3 is 10.6 Å². The summed E-state index contributed by atoms with van der Waals surface area (Å²) in [4.78, 5) is 24.3. The first-order valence-corrected chi connectivity index (χ1v) is 9.17. The van der Waals surface area contributed by atoms with Crippen LogP contribution in [0.15, 0.2) is 24.3 Å². The average molecular weight is 328 g/mol. The molecule has 2 N–H and O–H groups in total. The number of hydrogen-bond acceptors (Lipinski definition) is 2. The molecule has 0 aromatic heterocycles. The van der Waals surface area contributed by atoms with Crippen LogP contribution in [0.1, 0.15) is 54.9 Å². The Morgan fingerprint density at radius 1 is 1.21 bits per heavy atom. The molecule has 2 fully saturated rings. The van der Waals surface area contributed by atoms with Crippen molar-refractivity contribution in [2.24, 2.45) is 17.8 Å². The molecule has 2 bridgehead atoms. The summed E-state index contributed by atoms with van der Waals surface area (Å²) < 4.78 is 0. The Balaban J connectivity index is 1.40. The number of benzene rings is 1. The Morgan fingerprint density at radius 3 is 2.67 bits per heavy atom. The second-order valence-electron chi connectivity index (χ2n) is 7.52. The first-order chi connectivity index (χ1) is 11.5. The zero-order valence-electron chi connectivity index (χ0n) is 14.7. The molecule has 2 aliphatic rings. The Bertz CT molecular complexity index is 613. The molecule has 24 heavy (non-hydrogen) atoms. The predicted octanol–water partition coefficient (Wildman–Crippen LogP) is 3.06. The van der Waals surface area contributed by atoms with Crippen molar-refractivity contribution in [2.75, 3.05) is 6.54 Å². The van der Waals surface area contributed by atoms with Crippen molar-refractivity contribution >= 4 is 11.8 Å².